The second-order valence-electron chi connectivity index (χ2n) is 7.10. The topological polar surface area (TPSA) is 19.4 Å². The Morgan fingerprint density at radius 2 is 1.95 bits per heavy atom. The van der Waals surface area contributed by atoms with Crippen molar-refractivity contribution in [3.8, 4) is 0 Å². The average molecular weight is 299 g/mol. The third kappa shape index (κ3) is 2.26. The van der Waals surface area contributed by atoms with Crippen LogP contribution in [0, 0.1) is 30.5 Å². The van der Waals surface area contributed by atoms with Crippen LogP contribution < -0.4 is 4.90 Å². The molecule has 1 unspecified atom stereocenters. The molecular weight excluding hydrogens is 277 g/mol. The van der Waals surface area contributed by atoms with E-state index in [1.54, 1.807) is 12.1 Å². The van der Waals surface area contributed by atoms with Gasteiger partial charge in [-0.15, -0.1) is 0 Å². The van der Waals surface area contributed by atoms with E-state index in [-0.39, 0.29) is 5.82 Å². The summed E-state index contributed by atoms with van der Waals surface area (Å²) in [4.78, 5) is 9.25. The molecule has 1 saturated carbocycles. The largest absolute Gasteiger partial charge is 0.370 e. The Labute approximate surface area is 130 Å². The minimum atomic E-state index is -0.186. The summed E-state index contributed by atoms with van der Waals surface area (Å²) in [6.07, 6.45) is 0. The van der Waals surface area contributed by atoms with Gasteiger partial charge in [-0.3, -0.25) is 4.98 Å². The zero-order chi connectivity index (χ0) is 15.4. The number of benzene rings is 1. The molecule has 22 heavy (non-hydrogen) atoms. The van der Waals surface area contributed by atoms with Crippen molar-refractivity contribution in [2.75, 3.05) is 38.6 Å². The minimum Gasteiger partial charge on any atom is -0.370 e. The number of aryl methyl sites for hydroxylation is 1. The fourth-order valence-corrected chi connectivity index (χ4v) is 4.11. The molecule has 0 amide bonds. The number of anilines is 1. The van der Waals surface area contributed by atoms with Gasteiger partial charge in [-0.1, -0.05) is 0 Å². The molecule has 2 fully saturated rings. The first-order chi connectivity index (χ1) is 10.5. The minimum absolute atomic E-state index is 0.186. The van der Waals surface area contributed by atoms with Crippen molar-refractivity contribution in [3.63, 3.8) is 0 Å². The van der Waals surface area contributed by atoms with Gasteiger partial charge in [-0.25, -0.2) is 4.39 Å². The van der Waals surface area contributed by atoms with Gasteiger partial charge in [0.1, 0.15) is 5.82 Å². The average Bonchev–Trinajstić information content (AvgIpc) is 2.91. The van der Waals surface area contributed by atoms with Gasteiger partial charge < -0.3 is 9.80 Å². The van der Waals surface area contributed by atoms with Crippen LogP contribution >= 0.6 is 0 Å². The maximum Gasteiger partial charge on any atom is 0.124 e. The van der Waals surface area contributed by atoms with Gasteiger partial charge in [0.05, 0.1) is 5.52 Å². The fraction of sp³-hybridized carbons (Fsp3) is 0.500. The number of halogens is 1. The zero-order valence-electron chi connectivity index (χ0n) is 13.4. The fourth-order valence-electron chi connectivity index (χ4n) is 4.11. The van der Waals surface area contributed by atoms with Gasteiger partial charge in [0, 0.05) is 36.4 Å². The molecule has 3 atom stereocenters. The first kappa shape index (κ1) is 13.9. The molecule has 1 saturated heterocycles. The molecule has 3 nitrogen and oxygen atoms in total. The van der Waals surface area contributed by atoms with Crippen molar-refractivity contribution in [1.29, 1.82) is 0 Å². The second kappa shape index (κ2) is 4.92. The molecule has 4 rings (SSSR count). The first-order valence-electron chi connectivity index (χ1n) is 7.99. The molecule has 1 aromatic heterocycles. The van der Waals surface area contributed by atoms with Crippen molar-refractivity contribution in [2.45, 2.75) is 6.92 Å². The molecule has 116 valence electrons. The Hall–Kier alpha value is -1.68. The lowest BCUT2D eigenvalue weighted by molar-refractivity contribution is 0.366. The predicted molar refractivity (Wildman–Crippen MR) is 87.7 cm³/mol. The third-order valence-corrected chi connectivity index (χ3v) is 5.16. The monoisotopic (exact) mass is 299 g/mol. The SMILES string of the molecule is Cc1cc(N2C[C@@H]3C(CN(C)C)[C@@H]3C2)c2cc(F)ccc2n1. The molecule has 0 N–H and O–H groups in total. The van der Waals surface area contributed by atoms with Gasteiger partial charge >= 0.3 is 0 Å². The molecule has 0 bridgehead atoms. The number of hydrogen-bond acceptors (Lipinski definition) is 3. The van der Waals surface area contributed by atoms with E-state index >= 15 is 0 Å². The summed E-state index contributed by atoms with van der Waals surface area (Å²) in [6, 6.07) is 7.01. The van der Waals surface area contributed by atoms with E-state index in [9.17, 15) is 4.39 Å². The van der Waals surface area contributed by atoms with E-state index in [2.05, 4.69) is 34.9 Å². The highest BCUT2D eigenvalue weighted by Crippen LogP contribution is 2.53. The van der Waals surface area contributed by atoms with Gasteiger partial charge in [0.15, 0.2) is 0 Å². The lowest BCUT2D eigenvalue weighted by atomic mass is 10.1. The van der Waals surface area contributed by atoms with E-state index in [1.807, 2.05) is 6.92 Å². The Balaban J connectivity index is 1.62. The Kier molecular flexibility index (Phi) is 3.12. The number of nitrogens with zero attached hydrogens (tertiary/aromatic N) is 3. The zero-order valence-corrected chi connectivity index (χ0v) is 13.4. The molecule has 1 aromatic carbocycles. The summed E-state index contributed by atoms with van der Waals surface area (Å²) in [7, 11) is 4.29. The third-order valence-electron chi connectivity index (χ3n) is 5.16. The van der Waals surface area contributed by atoms with Crippen LogP contribution in [0.3, 0.4) is 0 Å². The predicted octanol–water partition coefficient (Wildman–Crippen LogP) is 2.93. The summed E-state index contributed by atoms with van der Waals surface area (Å²) < 4.78 is 13.6. The Morgan fingerprint density at radius 3 is 2.64 bits per heavy atom. The lowest BCUT2D eigenvalue weighted by Crippen LogP contribution is -2.27. The van der Waals surface area contributed by atoms with Crippen molar-refractivity contribution < 1.29 is 4.39 Å². The maximum atomic E-state index is 13.6. The van der Waals surface area contributed by atoms with Crippen LogP contribution in [0.1, 0.15) is 5.69 Å². The molecule has 0 radical (unpaired) electrons. The van der Waals surface area contributed by atoms with E-state index in [1.165, 1.54) is 12.6 Å². The van der Waals surface area contributed by atoms with Crippen molar-refractivity contribution in [3.05, 3.63) is 35.8 Å². The first-order valence-corrected chi connectivity index (χ1v) is 7.99. The van der Waals surface area contributed by atoms with Crippen molar-refractivity contribution in [2.24, 2.45) is 17.8 Å². The standard InChI is InChI=1S/C18H22FN3/c1-11-6-18(13-7-12(19)4-5-17(13)20-11)22-9-15-14(8-21(2)3)16(15)10-22/h4-7,14-16H,8-10H2,1-3H3/t14?,15-,16+. The summed E-state index contributed by atoms with van der Waals surface area (Å²) in [5, 5.41) is 0.941. The maximum absolute atomic E-state index is 13.6. The van der Waals surface area contributed by atoms with Crippen LogP contribution in [0.4, 0.5) is 10.1 Å². The number of hydrogen-bond donors (Lipinski definition) is 0. The summed E-state index contributed by atoms with van der Waals surface area (Å²) in [6.45, 7) is 5.39. The van der Waals surface area contributed by atoms with Crippen LogP contribution in [-0.2, 0) is 0 Å². The molecule has 1 aliphatic heterocycles. The van der Waals surface area contributed by atoms with E-state index < -0.39 is 0 Å². The van der Waals surface area contributed by atoms with Crippen LogP contribution in [0.15, 0.2) is 24.3 Å². The van der Waals surface area contributed by atoms with Crippen molar-refractivity contribution >= 4 is 16.6 Å². The summed E-state index contributed by atoms with van der Waals surface area (Å²) in [5.74, 6) is 2.27. The van der Waals surface area contributed by atoms with Gasteiger partial charge in [0.2, 0.25) is 0 Å². The number of fused-ring (bicyclic) bond motifs is 2. The van der Waals surface area contributed by atoms with Crippen LogP contribution in [0.25, 0.3) is 10.9 Å². The number of pyridine rings is 1. The quantitative estimate of drug-likeness (QED) is 0.868. The molecule has 2 heterocycles. The van der Waals surface area contributed by atoms with E-state index in [0.29, 0.717) is 0 Å². The molecular formula is C18H22FN3. The Morgan fingerprint density at radius 1 is 1.23 bits per heavy atom. The number of aromatic nitrogens is 1. The van der Waals surface area contributed by atoms with Crippen LogP contribution in [-0.4, -0.2) is 43.6 Å². The second-order valence-corrected chi connectivity index (χ2v) is 7.10. The highest BCUT2D eigenvalue weighted by atomic mass is 19.1. The summed E-state index contributed by atoms with van der Waals surface area (Å²) >= 11 is 0. The number of piperidine rings is 1. The highest BCUT2D eigenvalue weighted by molar-refractivity contribution is 5.92. The lowest BCUT2D eigenvalue weighted by Gasteiger charge is -2.24. The normalized spacial score (nSPS) is 26.8. The smallest absolute Gasteiger partial charge is 0.124 e. The van der Waals surface area contributed by atoms with Crippen LogP contribution in [0.5, 0.6) is 0 Å². The molecule has 2 aliphatic rings. The van der Waals surface area contributed by atoms with Gasteiger partial charge in [-0.2, -0.15) is 0 Å². The molecule has 4 heteroatoms. The number of rotatable bonds is 3. The van der Waals surface area contributed by atoms with Crippen LogP contribution in [0.2, 0.25) is 0 Å². The Bertz CT molecular complexity index is 716. The molecule has 1 aliphatic carbocycles. The summed E-state index contributed by atoms with van der Waals surface area (Å²) in [5.41, 5.74) is 3.04. The molecule has 2 aromatic rings. The highest BCUT2D eigenvalue weighted by Gasteiger charge is 2.55. The molecule has 0 spiro atoms. The van der Waals surface area contributed by atoms with Gasteiger partial charge in [-0.05, 0) is 63.0 Å². The van der Waals surface area contributed by atoms with Gasteiger partial charge in [0.25, 0.3) is 0 Å². The van der Waals surface area contributed by atoms with E-state index in [4.69, 9.17) is 0 Å². The van der Waals surface area contributed by atoms with Crippen molar-refractivity contribution in [1.82, 2.24) is 9.88 Å². The van der Waals surface area contributed by atoms with E-state index in [0.717, 1.165) is 53.1 Å².